The molecule has 1 N–H and O–H groups in total. The maximum absolute atomic E-state index is 12.1. The van der Waals surface area contributed by atoms with Crippen LogP contribution in [0.5, 0.6) is 0 Å². The number of amides is 1. The van der Waals surface area contributed by atoms with Crippen molar-refractivity contribution in [3.05, 3.63) is 21.9 Å². The lowest BCUT2D eigenvalue weighted by molar-refractivity contribution is 0.0725. The third-order valence-corrected chi connectivity index (χ3v) is 3.63. The Bertz CT molecular complexity index is 449. The van der Waals surface area contributed by atoms with Crippen LogP contribution >= 0.6 is 11.3 Å². The number of likely N-dealkylation sites (tertiary alicyclic amines) is 1. The first kappa shape index (κ1) is 12.2. The number of hydrogen-bond donors (Lipinski definition) is 1. The van der Waals surface area contributed by atoms with Crippen LogP contribution in [0.2, 0.25) is 0 Å². The highest BCUT2D eigenvalue weighted by Crippen LogP contribution is 2.18. The molecule has 1 aromatic heterocycles. The fraction of sp³-hybridized carbons (Fsp3) is 0.462. The summed E-state index contributed by atoms with van der Waals surface area (Å²) < 4.78 is 0. The standard InChI is InChI=1S/C13H15NO2S/c15-8-4-5-12-9-11(10-17-12)13(16)14-6-2-1-3-7-14/h9-10,15H,1-3,6-8H2. The number of rotatable bonds is 1. The van der Waals surface area contributed by atoms with E-state index in [0.29, 0.717) is 0 Å². The van der Waals surface area contributed by atoms with Crippen LogP contribution in [0.3, 0.4) is 0 Å². The first-order valence-corrected chi connectivity index (χ1v) is 6.67. The second-order valence-corrected chi connectivity index (χ2v) is 4.92. The second kappa shape index (κ2) is 5.85. The van der Waals surface area contributed by atoms with Crippen LogP contribution in [0.4, 0.5) is 0 Å². The summed E-state index contributed by atoms with van der Waals surface area (Å²) in [6, 6.07) is 1.81. The van der Waals surface area contributed by atoms with Gasteiger partial charge in [-0.25, -0.2) is 0 Å². The van der Waals surface area contributed by atoms with Gasteiger partial charge in [0.1, 0.15) is 6.61 Å². The summed E-state index contributed by atoms with van der Waals surface area (Å²) >= 11 is 1.45. The molecule has 4 heteroatoms. The lowest BCUT2D eigenvalue weighted by atomic mass is 10.1. The predicted molar refractivity (Wildman–Crippen MR) is 68.0 cm³/mol. The van der Waals surface area contributed by atoms with Gasteiger partial charge < -0.3 is 10.0 Å². The maximum Gasteiger partial charge on any atom is 0.254 e. The lowest BCUT2D eigenvalue weighted by Gasteiger charge is -2.26. The zero-order valence-electron chi connectivity index (χ0n) is 9.61. The highest BCUT2D eigenvalue weighted by molar-refractivity contribution is 7.10. The van der Waals surface area contributed by atoms with Gasteiger partial charge in [0.15, 0.2) is 0 Å². The molecular formula is C13H15NO2S. The normalized spacial score (nSPS) is 15.2. The molecule has 3 nitrogen and oxygen atoms in total. The van der Waals surface area contributed by atoms with Crippen LogP contribution in [0.25, 0.3) is 0 Å². The number of aliphatic hydroxyl groups is 1. The molecule has 0 atom stereocenters. The van der Waals surface area contributed by atoms with E-state index in [4.69, 9.17) is 5.11 Å². The molecule has 2 heterocycles. The molecule has 0 spiro atoms. The van der Waals surface area contributed by atoms with Gasteiger partial charge in [0, 0.05) is 18.5 Å². The van der Waals surface area contributed by atoms with Gasteiger partial charge in [-0.3, -0.25) is 4.79 Å². The Hall–Kier alpha value is -1.31. The van der Waals surface area contributed by atoms with E-state index in [1.165, 1.54) is 17.8 Å². The van der Waals surface area contributed by atoms with Crippen LogP contribution in [0.15, 0.2) is 11.4 Å². The number of thiophene rings is 1. The Morgan fingerprint density at radius 2 is 2.18 bits per heavy atom. The molecule has 1 fully saturated rings. The lowest BCUT2D eigenvalue weighted by Crippen LogP contribution is -2.35. The highest BCUT2D eigenvalue weighted by Gasteiger charge is 2.18. The minimum atomic E-state index is -0.146. The van der Waals surface area contributed by atoms with Crippen LogP contribution in [-0.2, 0) is 0 Å². The van der Waals surface area contributed by atoms with E-state index in [1.54, 1.807) is 0 Å². The molecular weight excluding hydrogens is 234 g/mol. The van der Waals surface area contributed by atoms with Gasteiger partial charge >= 0.3 is 0 Å². The molecule has 17 heavy (non-hydrogen) atoms. The number of piperidine rings is 1. The molecule has 1 saturated heterocycles. The zero-order chi connectivity index (χ0) is 12.1. The molecule has 0 unspecified atom stereocenters. The van der Waals surface area contributed by atoms with E-state index < -0.39 is 0 Å². The van der Waals surface area contributed by atoms with Crippen molar-refractivity contribution in [2.45, 2.75) is 19.3 Å². The fourth-order valence-corrected chi connectivity index (χ4v) is 2.67. The van der Waals surface area contributed by atoms with E-state index in [2.05, 4.69) is 11.8 Å². The van der Waals surface area contributed by atoms with Crippen LogP contribution < -0.4 is 0 Å². The Kier molecular flexibility index (Phi) is 4.18. The van der Waals surface area contributed by atoms with Crippen molar-refractivity contribution in [3.8, 4) is 11.8 Å². The number of hydrogen-bond acceptors (Lipinski definition) is 3. The molecule has 1 amide bonds. The number of carbonyl (C=O) groups is 1. The van der Waals surface area contributed by atoms with Gasteiger partial charge in [-0.15, -0.1) is 11.3 Å². The SMILES string of the molecule is O=C(c1csc(C#CCO)c1)N1CCCCC1. The molecule has 1 aromatic rings. The Morgan fingerprint density at radius 1 is 1.41 bits per heavy atom. The number of aliphatic hydroxyl groups excluding tert-OH is 1. The third kappa shape index (κ3) is 3.09. The van der Waals surface area contributed by atoms with E-state index >= 15 is 0 Å². The molecule has 0 saturated carbocycles. The summed E-state index contributed by atoms with van der Waals surface area (Å²) in [5.41, 5.74) is 0.721. The predicted octanol–water partition coefficient (Wildman–Crippen LogP) is 1.72. The van der Waals surface area contributed by atoms with E-state index in [1.807, 2.05) is 16.3 Å². The van der Waals surface area contributed by atoms with Crippen molar-refractivity contribution in [1.82, 2.24) is 4.90 Å². The van der Waals surface area contributed by atoms with Gasteiger partial charge in [0.05, 0.1) is 10.4 Å². The molecule has 0 aromatic carbocycles. The first-order chi connectivity index (χ1) is 8.31. The largest absolute Gasteiger partial charge is 0.384 e. The summed E-state index contributed by atoms with van der Waals surface area (Å²) in [5, 5.41) is 10.4. The quantitative estimate of drug-likeness (QED) is 0.770. The maximum atomic E-state index is 12.1. The molecule has 1 aliphatic heterocycles. The van der Waals surface area contributed by atoms with Crippen molar-refractivity contribution in [2.24, 2.45) is 0 Å². The Labute approximate surface area is 105 Å². The molecule has 2 rings (SSSR count). The third-order valence-electron chi connectivity index (χ3n) is 2.78. The molecule has 0 radical (unpaired) electrons. The second-order valence-electron chi connectivity index (χ2n) is 4.01. The monoisotopic (exact) mass is 249 g/mol. The minimum Gasteiger partial charge on any atom is -0.384 e. The van der Waals surface area contributed by atoms with Crippen LogP contribution in [0, 0.1) is 11.8 Å². The van der Waals surface area contributed by atoms with Gasteiger partial charge in [0.25, 0.3) is 5.91 Å². The number of carbonyl (C=O) groups excluding carboxylic acids is 1. The topological polar surface area (TPSA) is 40.5 Å². The van der Waals surface area contributed by atoms with Crippen LogP contribution in [-0.4, -0.2) is 35.6 Å². The summed E-state index contributed by atoms with van der Waals surface area (Å²) in [5.74, 6) is 5.52. The average Bonchev–Trinajstić information content (AvgIpc) is 2.85. The van der Waals surface area contributed by atoms with Gasteiger partial charge in [0.2, 0.25) is 0 Å². The van der Waals surface area contributed by atoms with Crippen molar-refractivity contribution in [1.29, 1.82) is 0 Å². The van der Waals surface area contributed by atoms with Gasteiger partial charge in [-0.2, -0.15) is 0 Å². The van der Waals surface area contributed by atoms with E-state index in [-0.39, 0.29) is 12.5 Å². The smallest absolute Gasteiger partial charge is 0.254 e. The Balaban J connectivity index is 2.06. The average molecular weight is 249 g/mol. The number of nitrogens with zero attached hydrogens (tertiary/aromatic N) is 1. The summed E-state index contributed by atoms with van der Waals surface area (Å²) in [4.78, 5) is 14.9. The van der Waals surface area contributed by atoms with Crippen molar-refractivity contribution in [2.75, 3.05) is 19.7 Å². The van der Waals surface area contributed by atoms with E-state index in [9.17, 15) is 4.79 Å². The zero-order valence-corrected chi connectivity index (χ0v) is 10.4. The summed E-state index contributed by atoms with van der Waals surface area (Å²) in [6.07, 6.45) is 3.43. The van der Waals surface area contributed by atoms with E-state index in [0.717, 1.165) is 36.4 Å². The van der Waals surface area contributed by atoms with Crippen molar-refractivity contribution < 1.29 is 9.90 Å². The summed E-state index contributed by atoms with van der Waals surface area (Å²) in [7, 11) is 0. The highest BCUT2D eigenvalue weighted by atomic mass is 32.1. The molecule has 90 valence electrons. The molecule has 0 aliphatic carbocycles. The van der Waals surface area contributed by atoms with Crippen molar-refractivity contribution >= 4 is 17.2 Å². The van der Waals surface area contributed by atoms with Crippen LogP contribution in [0.1, 0.15) is 34.5 Å². The summed E-state index contributed by atoms with van der Waals surface area (Å²) in [6.45, 7) is 1.59. The van der Waals surface area contributed by atoms with Gasteiger partial charge in [-0.1, -0.05) is 11.8 Å². The van der Waals surface area contributed by atoms with Crippen molar-refractivity contribution in [3.63, 3.8) is 0 Å². The first-order valence-electron chi connectivity index (χ1n) is 5.79. The van der Waals surface area contributed by atoms with Gasteiger partial charge in [-0.05, 0) is 25.3 Å². The fourth-order valence-electron chi connectivity index (χ4n) is 1.92. The Morgan fingerprint density at radius 3 is 2.88 bits per heavy atom. The molecule has 1 aliphatic rings. The molecule has 0 bridgehead atoms. The minimum absolute atomic E-state index is 0.109.